The highest BCUT2D eigenvalue weighted by molar-refractivity contribution is 9.10. The molecule has 2 aromatic rings. The fourth-order valence-corrected chi connectivity index (χ4v) is 2.44. The van der Waals surface area contributed by atoms with Gasteiger partial charge < -0.3 is 10.1 Å². The van der Waals surface area contributed by atoms with Crippen LogP contribution in [0.5, 0.6) is 11.5 Å². The zero-order valence-corrected chi connectivity index (χ0v) is 13.4. The van der Waals surface area contributed by atoms with Crippen molar-refractivity contribution in [1.82, 2.24) is 5.32 Å². The van der Waals surface area contributed by atoms with E-state index in [4.69, 9.17) is 4.74 Å². The molecule has 0 aliphatic carbocycles. The smallest absolute Gasteiger partial charge is 0.166 e. The van der Waals surface area contributed by atoms with E-state index in [2.05, 4.69) is 21.2 Å². The van der Waals surface area contributed by atoms with Gasteiger partial charge in [0, 0.05) is 16.1 Å². The monoisotopic (exact) mass is 355 g/mol. The minimum atomic E-state index is -0.504. The van der Waals surface area contributed by atoms with Crippen molar-refractivity contribution in [2.75, 3.05) is 6.54 Å². The van der Waals surface area contributed by atoms with E-state index >= 15 is 0 Å². The van der Waals surface area contributed by atoms with Gasteiger partial charge >= 0.3 is 0 Å². The third kappa shape index (κ3) is 3.80. The van der Waals surface area contributed by atoms with E-state index in [-0.39, 0.29) is 17.6 Å². The van der Waals surface area contributed by atoms with Crippen molar-refractivity contribution in [3.63, 3.8) is 0 Å². The van der Waals surface area contributed by atoms with Crippen molar-refractivity contribution < 1.29 is 13.5 Å². The lowest BCUT2D eigenvalue weighted by atomic mass is 10.1. The molecule has 0 amide bonds. The summed E-state index contributed by atoms with van der Waals surface area (Å²) in [6.07, 6.45) is 0. The summed E-state index contributed by atoms with van der Waals surface area (Å²) in [6, 6.07) is 8.80. The van der Waals surface area contributed by atoms with Crippen molar-refractivity contribution in [2.24, 2.45) is 0 Å². The molecule has 2 aromatic carbocycles. The van der Waals surface area contributed by atoms with Crippen molar-refractivity contribution >= 4 is 15.9 Å². The van der Waals surface area contributed by atoms with Crippen LogP contribution in [0.25, 0.3) is 0 Å². The summed E-state index contributed by atoms with van der Waals surface area (Å²) in [4.78, 5) is 0. The van der Waals surface area contributed by atoms with Gasteiger partial charge in [0.1, 0.15) is 11.6 Å². The molecule has 0 saturated heterocycles. The van der Waals surface area contributed by atoms with Crippen LogP contribution in [0.2, 0.25) is 0 Å². The first-order chi connectivity index (χ1) is 10.0. The van der Waals surface area contributed by atoms with Crippen LogP contribution >= 0.6 is 15.9 Å². The van der Waals surface area contributed by atoms with E-state index < -0.39 is 5.82 Å². The molecule has 2 rings (SSSR count). The SMILES string of the molecule is CCNC(C)c1c(F)cccc1Oc1ccc(Br)cc1F. The number of ether oxygens (including phenoxy) is 1. The first-order valence-corrected chi connectivity index (χ1v) is 7.47. The van der Waals surface area contributed by atoms with Crippen LogP contribution in [0.3, 0.4) is 0 Å². The second kappa shape index (κ2) is 7.00. The normalized spacial score (nSPS) is 12.2. The molecule has 112 valence electrons. The topological polar surface area (TPSA) is 21.3 Å². The number of nitrogens with one attached hydrogen (secondary N) is 1. The van der Waals surface area contributed by atoms with Crippen molar-refractivity contribution in [3.05, 3.63) is 58.1 Å². The number of halogens is 3. The Hall–Kier alpha value is -1.46. The molecule has 0 heterocycles. The Bertz CT molecular complexity index is 634. The van der Waals surface area contributed by atoms with Gasteiger partial charge in [-0.1, -0.05) is 28.9 Å². The second-order valence-electron chi connectivity index (χ2n) is 4.61. The lowest BCUT2D eigenvalue weighted by Crippen LogP contribution is -2.19. The van der Waals surface area contributed by atoms with Crippen LogP contribution in [0.4, 0.5) is 8.78 Å². The maximum atomic E-state index is 14.1. The molecule has 2 nitrogen and oxygen atoms in total. The molecule has 0 aliphatic heterocycles. The van der Waals surface area contributed by atoms with Crippen molar-refractivity contribution in [3.8, 4) is 11.5 Å². The first kappa shape index (κ1) is 15.9. The Morgan fingerprint density at radius 3 is 2.57 bits per heavy atom. The van der Waals surface area contributed by atoms with E-state index in [1.54, 1.807) is 18.2 Å². The van der Waals surface area contributed by atoms with E-state index in [9.17, 15) is 8.78 Å². The molecule has 0 fully saturated rings. The molecule has 1 atom stereocenters. The van der Waals surface area contributed by atoms with Crippen LogP contribution in [0.1, 0.15) is 25.5 Å². The average molecular weight is 356 g/mol. The minimum Gasteiger partial charge on any atom is -0.454 e. The van der Waals surface area contributed by atoms with Gasteiger partial charge in [0.15, 0.2) is 11.6 Å². The Balaban J connectivity index is 2.37. The molecule has 0 spiro atoms. The number of hydrogen-bond acceptors (Lipinski definition) is 2. The summed E-state index contributed by atoms with van der Waals surface area (Å²) in [5, 5.41) is 3.13. The molecule has 0 saturated carbocycles. The molecule has 0 aliphatic rings. The van der Waals surface area contributed by atoms with Crippen LogP contribution in [-0.2, 0) is 0 Å². The average Bonchev–Trinajstić information content (AvgIpc) is 2.42. The van der Waals surface area contributed by atoms with E-state index in [0.29, 0.717) is 22.3 Å². The predicted molar refractivity (Wildman–Crippen MR) is 82.7 cm³/mol. The molecule has 1 N–H and O–H groups in total. The molecule has 21 heavy (non-hydrogen) atoms. The van der Waals surface area contributed by atoms with Gasteiger partial charge in [0.25, 0.3) is 0 Å². The van der Waals surface area contributed by atoms with Crippen LogP contribution < -0.4 is 10.1 Å². The minimum absolute atomic E-state index is 0.0637. The predicted octanol–water partition coefficient (Wildman–Crippen LogP) is 5.19. The van der Waals surface area contributed by atoms with Gasteiger partial charge in [-0.2, -0.15) is 0 Å². The fraction of sp³-hybridized carbons (Fsp3) is 0.250. The van der Waals surface area contributed by atoms with Crippen molar-refractivity contribution in [1.29, 1.82) is 0 Å². The molecule has 0 aromatic heterocycles. The molecule has 5 heteroatoms. The number of benzene rings is 2. The second-order valence-corrected chi connectivity index (χ2v) is 5.52. The zero-order valence-electron chi connectivity index (χ0n) is 11.8. The molecular weight excluding hydrogens is 340 g/mol. The van der Waals surface area contributed by atoms with Gasteiger partial charge in [0.05, 0.1) is 0 Å². The van der Waals surface area contributed by atoms with E-state index in [1.807, 2.05) is 13.8 Å². The quantitative estimate of drug-likeness (QED) is 0.796. The lowest BCUT2D eigenvalue weighted by Gasteiger charge is -2.18. The Kier molecular flexibility index (Phi) is 5.31. The standard InChI is InChI=1S/C16H16BrF2NO/c1-3-20-10(2)16-12(18)5-4-6-15(16)21-14-8-7-11(17)9-13(14)19/h4-10,20H,3H2,1-2H3. The Labute approximate surface area is 131 Å². The number of hydrogen-bond donors (Lipinski definition) is 1. The zero-order chi connectivity index (χ0) is 15.4. The summed E-state index contributed by atoms with van der Waals surface area (Å²) >= 11 is 3.19. The Morgan fingerprint density at radius 1 is 1.14 bits per heavy atom. The summed E-state index contributed by atoms with van der Waals surface area (Å²) in [7, 11) is 0. The summed E-state index contributed by atoms with van der Waals surface area (Å²) in [5.41, 5.74) is 0.390. The first-order valence-electron chi connectivity index (χ1n) is 6.67. The summed E-state index contributed by atoms with van der Waals surface area (Å²) in [6.45, 7) is 4.47. The van der Waals surface area contributed by atoms with Gasteiger partial charge in [-0.3, -0.25) is 0 Å². The molecular formula is C16H16BrF2NO. The highest BCUT2D eigenvalue weighted by atomic mass is 79.9. The van der Waals surface area contributed by atoms with Crippen LogP contribution in [-0.4, -0.2) is 6.54 Å². The highest BCUT2D eigenvalue weighted by Crippen LogP contribution is 2.33. The summed E-state index contributed by atoms with van der Waals surface area (Å²) < 4.78 is 34.1. The maximum Gasteiger partial charge on any atom is 0.166 e. The third-order valence-electron chi connectivity index (χ3n) is 3.07. The van der Waals surface area contributed by atoms with Crippen LogP contribution in [0.15, 0.2) is 40.9 Å². The number of rotatable bonds is 5. The highest BCUT2D eigenvalue weighted by Gasteiger charge is 2.17. The maximum absolute atomic E-state index is 14.1. The van der Waals surface area contributed by atoms with Gasteiger partial charge in [-0.15, -0.1) is 0 Å². The molecule has 1 unspecified atom stereocenters. The third-order valence-corrected chi connectivity index (χ3v) is 3.56. The van der Waals surface area contributed by atoms with Crippen LogP contribution in [0, 0.1) is 11.6 Å². The lowest BCUT2D eigenvalue weighted by molar-refractivity contribution is 0.421. The molecule has 0 bridgehead atoms. The molecule has 0 radical (unpaired) electrons. The van der Waals surface area contributed by atoms with Crippen molar-refractivity contribution in [2.45, 2.75) is 19.9 Å². The van der Waals surface area contributed by atoms with Gasteiger partial charge in [-0.05, 0) is 43.8 Å². The van der Waals surface area contributed by atoms with E-state index in [0.717, 1.165) is 0 Å². The fourth-order valence-electron chi connectivity index (χ4n) is 2.11. The largest absolute Gasteiger partial charge is 0.454 e. The van der Waals surface area contributed by atoms with Gasteiger partial charge in [-0.25, -0.2) is 8.78 Å². The Morgan fingerprint density at radius 2 is 1.90 bits per heavy atom. The van der Waals surface area contributed by atoms with Gasteiger partial charge in [0.2, 0.25) is 0 Å². The van der Waals surface area contributed by atoms with E-state index in [1.165, 1.54) is 18.2 Å². The summed E-state index contributed by atoms with van der Waals surface area (Å²) in [5.74, 6) is -0.507.